The van der Waals surface area contributed by atoms with E-state index in [1.54, 1.807) is 6.08 Å². The number of aryl methyl sites for hydroxylation is 1. The zero-order valence-electron chi connectivity index (χ0n) is 11.2. The van der Waals surface area contributed by atoms with Gasteiger partial charge in [-0.25, -0.2) is 4.79 Å². The average Bonchev–Trinajstić information content (AvgIpc) is 2.24. The van der Waals surface area contributed by atoms with E-state index < -0.39 is 5.54 Å². The summed E-state index contributed by atoms with van der Waals surface area (Å²) in [5, 5.41) is 0. The summed E-state index contributed by atoms with van der Waals surface area (Å²) in [5.41, 5.74) is 1.80. The lowest BCUT2D eigenvalue weighted by atomic mass is 9.70. The molecule has 1 aliphatic carbocycles. The number of benzene rings is 1. The Morgan fingerprint density at radius 2 is 2.11 bits per heavy atom. The Bertz CT molecular complexity index is 483. The van der Waals surface area contributed by atoms with E-state index in [1.807, 2.05) is 39.0 Å². The topological polar surface area (TPSA) is 38.7 Å². The number of ether oxygens (including phenoxy) is 1. The molecule has 0 N–H and O–H groups in total. The van der Waals surface area contributed by atoms with E-state index in [4.69, 9.17) is 4.74 Å². The second-order valence-electron chi connectivity index (χ2n) is 5.20. The van der Waals surface area contributed by atoms with Gasteiger partial charge in [0.05, 0.1) is 6.10 Å². The first-order valence-electron chi connectivity index (χ1n) is 6.45. The maximum absolute atomic E-state index is 10.7. The SMILES string of the molecule is Cc1cccc(OC(C)C)c1C1(N=C=O)CCC1. The minimum Gasteiger partial charge on any atom is -0.491 e. The van der Waals surface area contributed by atoms with Gasteiger partial charge in [0.15, 0.2) is 0 Å². The lowest BCUT2D eigenvalue weighted by Gasteiger charge is -2.39. The van der Waals surface area contributed by atoms with E-state index in [2.05, 4.69) is 4.99 Å². The molecule has 3 heteroatoms. The third-order valence-corrected chi connectivity index (χ3v) is 3.50. The van der Waals surface area contributed by atoms with Crippen molar-refractivity contribution < 1.29 is 9.53 Å². The summed E-state index contributed by atoms with van der Waals surface area (Å²) >= 11 is 0. The van der Waals surface area contributed by atoms with Crippen LogP contribution in [-0.2, 0) is 10.3 Å². The highest BCUT2D eigenvalue weighted by molar-refractivity contribution is 5.49. The molecule has 0 aromatic heterocycles. The first-order valence-corrected chi connectivity index (χ1v) is 6.45. The van der Waals surface area contributed by atoms with Gasteiger partial charge in [0.25, 0.3) is 0 Å². The van der Waals surface area contributed by atoms with Gasteiger partial charge in [0, 0.05) is 5.56 Å². The summed E-state index contributed by atoms with van der Waals surface area (Å²) < 4.78 is 5.86. The summed E-state index contributed by atoms with van der Waals surface area (Å²) in [6.45, 7) is 6.05. The third kappa shape index (κ3) is 2.19. The van der Waals surface area contributed by atoms with E-state index in [-0.39, 0.29) is 6.10 Å². The van der Waals surface area contributed by atoms with Crippen LogP contribution in [0.15, 0.2) is 23.2 Å². The molecule has 1 aromatic rings. The van der Waals surface area contributed by atoms with Crippen molar-refractivity contribution in [3.63, 3.8) is 0 Å². The summed E-state index contributed by atoms with van der Waals surface area (Å²) in [5.74, 6) is 0.851. The molecule has 1 aliphatic rings. The van der Waals surface area contributed by atoms with Crippen molar-refractivity contribution in [3.8, 4) is 5.75 Å². The lowest BCUT2D eigenvalue weighted by Crippen LogP contribution is -2.33. The monoisotopic (exact) mass is 245 g/mol. The fraction of sp³-hybridized carbons (Fsp3) is 0.533. The van der Waals surface area contributed by atoms with Crippen molar-refractivity contribution in [3.05, 3.63) is 29.3 Å². The third-order valence-electron chi connectivity index (χ3n) is 3.50. The zero-order valence-corrected chi connectivity index (χ0v) is 11.2. The van der Waals surface area contributed by atoms with Crippen LogP contribution in [0.1, 0.15) is 44.2 Å². The minimum atomic E-state index is -0.392. The molecule has 0 heterocycles. The Morgan fingerprint density at radius 1 is 1.39 bits per heavy atom. The fourth-order valence-corrected chi connectivity index (χ4v) is 2.61. The Morgan fingerprint density at radius 3 is 2.61 bits per heavy atom. The van der Waals surface area contributed by atoms with E-state index in [0.717, 1.165) is 36.1 Å². The molecular formula is C15H19NO2. The summed E-state index contributed by atoms with van der Waals surface area (Å²) in [6.07, 6.45) is 4.76. The quantitative estimate of drug-likeness (QED) is 0.601. The Balaban J connectivity index is 2.50. The molecule has 1 aromatic carbocycles. The molecule has 0 bridgehead atoms. The predicted octanol–water partition coefficient (Wildman–Crippen LogP) is 3.50. The van der Waals surface area contributed by atoms with E-state index >= 15 is 0 Å². The molecule has 1 fully saturated rings. The predicted molar refractivity (Wildman–Crippen MR) is 70.6 cm³/mol. The standard InChI is InChI=1S/C15H19NO2/c1-11(2)18-13-7-4-6-12(3)14(13)15(16-10-17)8-5-9-15/h4,6-7,11H,5,8-9H2,1-3H3. The molecule has 3 nitrogen and oxygen atoms in total. The highest BCUT2D eigenvalue weighted by Crippen LogP contribution is 2.49. The molecule has 18 heavy (non-hydrogen) atoms. The molecule has 0 amide bonds. The van der Waals surface area contributed by atoms with Crippen molar-refractivity contribution >= 4 is 6.08 Å². The van der Waals surface area contributed by atoms with Crippen LogP contribution in [-0.4, -0.2) is 12.2 Å². The highest BCUT2D eigenvalue weighted by atomic mass is 16.5. The maximum Gasteiger partial charge on any atom is 0.235 e. The molecule has 0 saturated heterocycles. The summed E-state index contributed by atoms with van der Waals surface area (Å²) in [6, 6.07) is 5.99. The Kier molecular flexibility index (Phi) is 3.53. The normalized spacial score (nSPS) is 16.9. The van der Waals surface area contributed by atoms with Crippen molar-refractivity contribution in [1.29, 1.82) is 0 Å². The van der Waals surface area contributed by atoms with E-state index in [0.29, 0.717) is 0 Å². The van der Waals surface area contributed by atoms with Gasteiger partial charge < -0.3 is 4.74 Å². The molecule has 96 valence electrons. The first-order chi connectivity index (χ1) is 8.59. The second-order valence-corrected chi connectivity index (χ2v) is 5.20. The van der Waals surface area contributed by atoms with Crippen LogP contribution in [0.2, 0.25) is 0 Å². The van der Waals surface area contributed by atoms with Crippen molar-refractivity contribution in [2.24, 2.45) is 4.99 Å². The Hall–Kier alpha value is -1.60. The van der Waals surface area contributed by atoms with E-state index in [9.17, 15) is 4.79 Å². The minimum absolute atomic E-state index is 0.114. The number of aliphatic imine (C=N–C) groups is 1. The fourth-order valence-electron chi connectivity index (χ4n) is 2.61. The molecule has 0 aliphatic heterocycles. The van der Waals surface area contributed by atoms with Crippen LogP contribution in [0.5, 0.6) is 5.75 Å². The number of carbonyl (C=O) groups excluding carboxylic acids is 1. The van der Waals surface area contributed by atoms with E-state index in [1.165, 1.54) is 0 Å². The lowest BCUT2D eigenvalue weighted by molar-refractivity contribution is 0.210. The van der Waals surface area contributed by atoms with Crippen molar-refractivity contribution in [1.82, 2.24) is 0 Å². The van der Waals surface area contributed by atoms with Crippen LogP contribution in [0, 0.1) is 6.92 Å². The number of hydrogen-bond acceptors (Lipinski definition) is 3. The molecule has 0 unspecified atom stereocenters. The maximum atomic E-state index is 10.7. The van der Waals surface area contributed by atoms with Gasteiger partial charge in [0.1, 0.15) is 11.3 Å². The van der Waals surface area contributed by atoms with Gasteiger partial charge in [-0.05, 0) is 51.7 Å². The molecule has 2 rings (SSSR count). The number of rotatable bonds is 4. The van der Waals surface area contributed by atoms with Crippen molar-refractivity contribution in [2.45, 2.75) is 51.7 Å². The highest BCUT2D eigenvalue weighted by Gasteiger charge is 2.42. The van der Waals surface area contributed by atoms with Crippen molar-refractivity contribution in [2.75, 3.05) is 0 Å². The molecule has 0 radical (unpaired) electrons. The van der Waals surface area contributed by atoms with Crippen LogP contribution in [0.25, 0.3) is 0 Å². The molecule has 1 saturated carbocycles. The zero-order chi connectivity index (χ0) is 13.2. The molecule has 0 atom stereocenters. The average molecular weight is 245 g/mol. The number of isocyanates is 1. The van der Waals surface area contributed by atoms with Crippen LogP contribution in [0.3, 0.4) is 0 Å². The number of nitrogens with zero attached hydrogens (tertiary/aromatic N) is 1. The smallest absolute Gasteiger partial charge is 0.235 e. The van der Waals surface area contributed by atoms with Gasteiger partial charge in [-0.3, -0.25) is 0 Å². The second kappa shape index (κ2) is 4.95. The first kappa shape index (κ1) is 12.8. The summed E-state index contributed by atoms with van der Waals surface area (Å²) in [4.78, 5) is 14.8. The number of hydrogen-bond donors (Lipinski definition) is 0. The molecular weight excluding hydrogens is 226 g/mol. The van der Waals surface area contributed by atoms with Crippen LogP contribution >= 0.6 is 0 Å². The van der Waals surface area contributed by atoms with Gasteiger partial charge >= 0.3 is 0 Å². The summed E-state index contributed by atoms with van der Waals surface area (Å²) in [7, 11) is 0. The molecule has 0 spiro atoms. The van der Waals surface area contributed by atoms with Crippen LogP contribution < -0.4 is 4.74 Å². The van der Waals surface area contributed by atoms with Gasteiger partial charge in [-0.1, -0.05) is 12.1 Å². The van der Waals surface area contributed by atoms with Gasteiger partial charge in [-0.2, -0.15) is 4.99 Å². The van der Waals surface area contributed by atoms with Crippen LogP contribution in [0.4, 0.5) is 0 Å². The largest absolute Gasteiger partial charge is 0.491 e. The van der Waals surface area contributed by atoms with Gasteiger partial charge in [0.2, 0.25) is 6.08 Å². The van der Waals surface area contributed by atoms with Gasteiger partial charge in [-0.15, -0.1) is 0 Å². The Labute approximate surface area is 108 Å².